The summed E-state index contributed by atoms with van der Waals surface area (Å²) in [6.07, 6.45) is 0. The molecule has 1 heterocycles. The van der Waals surface area contributed by atoms with Crippen LogP contribution in [0.3, 0.4) is 0 Å². The van der Waals surface area contributed by atoms with Crippen molar-refractivity contribution < 1.29 is 19.0 Å². The first-order chi connectivity index (χ1) is 14.1. The number of rotatable bonds is 5. The number of carbonyl (C=O) groups excluding carboxylic acids is 1. The first-order valence-electron chi connectivity index (χ1n) is 9.33. The number of carbonyl (C=O) groups is 1. The molecule has 0 unspecified atom stereocenters. The van der Waals surface area contributed by atoms with E-state index in [1.165, 1.54) is 0 Å². The zero-order valence-corrected chi connectivity index (χ0v) is 16.3. The third-order valence-electron chi connectivity index (χ3n) is 4.55. The summed E-state index contributed by atoms with van der Waals surface area (Å²) in [5.41, 5.74) is 2.67. The Morgan fingerprint density at radius 2 is 1.86 bits per heavy atom. The second-order valence-corrected chi connectivity index (χ2v) is 6.89. The van der Waals surface area contributed by atoms with Gasteiger partial charge in [-0.1, -0.05) is 30.3 Å². The second kappa shape index (κ2) is 8.14. The predicted octanol–water partition coefficient (Wildman–Crippen LogP) is 5.18. The molecule has 148 valence electrons. The fraction of sp³-hybridized carbons (Fsp3) is 0.174. The van der Waals surface area contributed by atoms with E-state index >= 15 is 0 Å². The van der Waals surface area contributed by atoms with Gasteiger partial charge in [-0.15, -0.1) is 0 Å². The molecule has 0 aromatic heterocycles. The predicted molar refractivity (Wildman–Crippen MR) is 111 cm³/mol. The van der Waals surface area contributed by atoms with Gasteiger partial charge in [0.1, 0.15) is 5.75 Å². The van der Waals surface area contributed by atoms with Crippen LogP contribution in [-0.2, 0) is 6.54 Å². The first kappa shape index (κ1) is 18.7. The molecule has 1 aliphatic heterocycles. The molecule has 0 fully saturated rings. The van der Waals surface area contributed by atoms with Crippen molar-refractivity contribution in [3.63, 3.8) is 0 Å². The van der Waals surface area contributed by atoms with E-state index in [0.29, 0.717) is 23.7 Å². The number of nitrogens with zero attached hydrogens (tertiary/aromatic N) is 1. The Kier molecular flexibility index (Phi) is 5.24. The Bertz CT molecular complexity index is 1030. The monoisotopic (exact) mass is 390 g/mol. The van der Waals surface area contributed by atoms with Gasteiger partial charge >= 0.3 is 6.03 Å². The molecule has 0 aliphatic carbocycles. The highest BCUT2D eigenvalue weighted by atomic mass is 16.7. The van der Waals surface area contributed by atoms with Crippen molar-refractivity contribution in [3.8, 4) is 23.0 Å². The topological polar surface area (TPSA) is 60.0 Å². The van der Waals surface area contributed by atoms with Gasteiger partial charge in [-0.25, -0.2) is 4.79 Å². The molecule has 4 rings (SSSR count). The number of ether oxygens (including phenoxy) is 3. The maximum absolute atomic E-state index is 12.7. The van der Waals surface area contributed by atoms with E-state index in [0.717, 1.165) is 22.6 Å². The molecule has 29 heavy (non-hydrogen) atoms. The summed E-state index contributed by atoms with van der Waals surface area (Å²) < 4.78 is 16.7. The van der Waals surface area contributed by atoms with Gasteiger partial charge in [-0.2, -0.15) is 0 Å². The number of hydrogen-bond acceptors (Lipinski definition) is 4. The zero-order valence-electron chi connectivity index (χ0n) is 16.3. The highest BCUT2D eigenvalue weighted by Crippen LogP contribution is 2.33. The van der Waals surface area contributed by atoms with Gasteiger partial charge in [0, 0.05) is 13.6 Å². The maximum Gasteiger partial charge on any atom is 0.321 e. The number of hydrogen-bond donors (Lipinski definition) is 1. The summed E-state index contributed by atoms with van der Waals surface area (Å²) in [6.45, 7) is 2.67. The minimum Gasteiger partial charge on any atom is -0.455 e. The van der Waals surface area contributed by atoms with E-state index < -0.39 is 0 Å². The van der Waals surface area contributed by atoms with Gasteiger partial charge in [0.25, 0.3) is 0 Å². The molecule has 0 saturated heterocycles. The summed E-state index contributed by atoms with van der Waals surface area (Å²) in [5, 5.41) is 2.92. The van der Waals surface area contributed by atoms with E-state index in [1.807, 2.05) is 73.7 Å². The lowest BCUT2D eigenvalue weighted by Gasteiger charge is -2.19. The molecule has 0 atom stereocenters. The Hall–Kier alpha value is -3.67. The van der Waals surface area contributed by atoms with Crippen LogP contribution in [0.2, 0.25) is 0 Å². The van der Waals surface area contributed by atoms with E-state index in [4.69, 9.17) is 14.2 Å². The van der Waals surface area contributed by atoms with Crippen LogP contribution < -0.4 is 19.5 Å². The minimum absolute atomic E-state index is 0.229. The molecular weight excluding hydrogens is 368 g/mol. The summed E-state index contributed by atoms with van der Waals surface area (Å²) in [4.78, 5) is 14.3. The molecule has 3 aromatic rings. The molecule has 6 nitrogen and oxygen atoms in total. The van der Waals surface area contributed by atoms with Crippen LogP contribution in [0.4, 0.5) is 10.5 Å². The number of anilines is 1. The molecule has 1 N–H and O–H groups in total. The zero-order chi connectivity index (χ0) is 20.2. The molecule has 0 bridgehead atoms. The van der Waals surface area contributed by atoms with Crippen molar-refractivity contribution in [3.05, 3.63) is 77.9 Å². The number of nitrogens with one attached hydrogen (secondary N) is 1. The number of urea groups is 1. The van der Waals surface area contributed by atoms with Crippen LogP contribution in [0, 0.1) is 6.92 Å². The lowest BCUT2D eigenvalue weighted by molar-refractivity contribution is 0.174. The number of para-hydroxylation sites is 2. The number of aryl methyl sites for hydroxylation is 1. The normalized spacial score (nSPS) is 11.8. The average molecular weight is 390 g/mol. The number of benzene rings is 3. The molecule has 2 amide bonds. The van der Waals surface area contributed by atoms with Gasteiger partial charge in [-0.3, -0.25) is 0 Å². The van der Waals surface area contributed by atoms with Crippen LogP contribution in [0.15, 0.2) is 66.7 Å². The van der Waals surface area contributed by atoms with E-state index in [-0.39, 0.29) is 12.8 Å². The van der Waals surface area contributed by atoms with Crippen molar-refractivity contribution in [2.75, 3.05) is 19.2 Å². The van der Waals surface area contributed by atoms with Crippen LogP contribution in [0.25, 0.3) is 0 Å². The highest BCUT2D eigenvalue weighted by molar-refractivity contribution is 5.90. The lowest BCUT2D eigenvalue weighted by Crippen LogP contribution is -2.30. The summed E-state index contributed by atoms with van der Waals surface area (Å²) in [7, 11) is 1.74. The summed E-state index contributed by atoms with van der Waals surface area (Å²) in [5.74, 6) is 2.74. The Balaban J connectivity index is 1.44. The second-order valence-electron chi connectivity index (χ2n) is 6.89. The third-order valence-corrected chi connectivity index (χ3v) is 4.55. The van der Waals surface area contributed by atoms with Gasteiger partial charge in [0.05, 0.1) is 5.69 Å². The Morgan fingerprint density at radius 3 is 2.72 bits per heavy atom. The molecule has 0 saturated carbocycles. The van der Waals surface area contributed by atoms with Crippen molar-refractivity contribution in [1.29, 1.82) is 0 Å². The van der Waals surface area contributed by atoms with Crippen LogP contribution in [0.1, 0.15) is 11.1 Å². The fourth-order valence-electron chi connectivity index (χ4n) is 3.06. The van der Waals surface area contributed by atoms with Crippen molar-refractivity contribution in [2.24, 2.45) is 0 Å². The van der Waals surface area contributed by atoms with Crippen molar-refractivity contribution in [2.45, 2.75) is 13.5 Å². The number of fused-ring (bicyclic) bond motifs is 1. The molecule has 6 heteroatoms. The average Bonchev–Trinajstić information content (AvgIpc) is 3.17. The minimum atomic E-state index is -0.233. The van der Waals surface area contributed by atoms with Crippen LogP contribution in [-0.4, -0.2) is 24.8 Å². The highest BCUT2D eigenvalue weighted by Gasteiger charge is 2.16. The third kappa shape index (κ3) is 4.43. The molecular formula is C23H22N2O4. The SMILES string of the molecule is Cc1cccc(Oc2ccccc2NC(=O)N(C)Cc2ccc3c(c2)OCO3)c1. The van der Waals surface area contributed by atoms with Gasteiger partial charge in [-0.05, 0) is 54.4 Å². The van der Waals surface area contributed by atoms with Gasteiger partial charge in [0.15, 0.2) is 17.2 Å². The van der Waals surface area contributed by atoms with Gasteiger partial charge < -0.3 is 24.4 Å². The Labute approximate surface area is 169 Å². The maximum atomic E-state index is 12.7. The number of amides is 2. The van der Waals surface area contributed by atoms with Crippen LogP contribution in [0.5, 0.6) is 23.0 Å². The van der Waals surface area contributed by atoms with E-state index in [9.17, 15) is 4.79 Å². The molecule has 3 aromatic carbocycles. The quantitative estimate of drug-likeness (QED) is 0.652. The molecule has 0 spiro atoms. The smallest absolute Gasteiger partial charge is 0.321 e. The van der Waals surface area contributed by atoms with E-state index in [1.54, 1.807) is 11.9 Å². The van der Waals surface area contributed by atoms with Crippen LogP contribution >= 0.6 is 0 Å². The lowest BCUT2D eigenvalue weighted by atomic mass is 10.2. The molecule has 0 radical (unpaired) electrons. The van der Waals surface area contributed by atoms with Crippen molar-refractivity contribution in [1.82, 2.24) is 4.90 Å². The molecule has 1 aliphatic rings. The summed E-state index contributed by atoms with van der Waals surface area (Å²) in [6, 6.07) is 20.6. The Morgan fingerprint density at radius 1 is 1.03 bits per heavy atom. The fourth-order valence-corrected chi connectivity index (χ4v) is 3.06. The van der Waals surface area contributed by atoms with E-state index in [2.05, 4.69) is 5.32 Å². The standard InChI is InChI=1S/C23H22N2O4/c1-16-6-5-7-18(12-16)29-20-9-4-3-8-19(20)24-23(26)25(2)14-17-10-11-21-22(13-17)28-15-27-21/h3-13H,14-15H2,1-2H3,(H,24,26). The van der Waals surface area contributed by atoms with Crippen molar-refractivity contribution >= 4 is 11.7 Å². The van der Waals surface area contributed by atoms with Gasteiger partial charge in [0.2, 0.25) is 6.79 Å². The summed E-state index contributed by atoms with van der Waals surface area (Å²) >= 11 is 0. The largest absolute Gasteiger partial charge is 0.455 e. The first-order valence-corrected chi connectivity index (χ1v) is 9.33.